The molecule has 0 atom stereocenters. The minimum Gasteiger partial charge on any atom is -0.453 e. The quantitative estimate of drug-likeness (QED) is 0.0968. The molecule has 0 fully saturated rings. The fourth-order valence-electron chi connectivity index (χ4n) is 11.6. The number of aromatic nitrogens is 8. The van der Waals surface area contributed by atoms with E-state index in [2.05, 4.69) is 4.98 Å². The van der Waals surface area contributed by atoms with E-state index < -0.39 is 0 Å². The number of hydrogen-bond acceptors (Lipinski definition) is 14. The Morgan fingerprint density at radius 2 is 0.562 bits per heavy atom. The van der Waals surface area contributed by atoms with Crippen molar-refractivity contribution in [2.45, 2.75) is 0 Å². The molecule has 458 valence electrons. The van der Waals surface area contributed by atoms with Gasteiger partial charge in [-0.05, 0) is 103 Å². The number of nitrogens with zero attached hydrogens (tertiary/aromatic N) is 7. The van der Waals surface area contributed by atoms with Gasteiger partial charge in [-0.15, -0.1) is 4.73 Å². The summed E-state index contributed by atoms with van der Waals surface area (Å²) in [5, 5.41) is 2.09. The molecule has 0 spiro atoms. The molecule has 17 rings (SSSR count). The topological polar surface area (TPSA) is 172 Å². The lowest BCUT2D eigenvalue weighted by Gasteiger charge is -2.21. The summed E-state index contributed by atoms with van der Waals surface area (Å²) in [4.78, 5) is 44.0. The predicted molar refractivity (Wildman–Crippen MR) is 368 cm³/mol. The number of benzene rings is 12. The summed E-state index contributed by atoms with van der Waals surface area (Å²) in [5.41, 5.74) is 3.34. The third kappa shape index (κ3) is 10.8. The van der Waals surface area contributed by atoms with Crippen molar-refractivity contribution in [1.29, 1.82) is 0 Å². The average molecular weight is 1250 g/mol. The van der Waals surface area contributed by atoms with Crippen LogP contribution in [0.15, 0.2) is 297 Å². The number of hydrogen-bond donors (Lipinski definition) is 1. The Kier molecular flexibility index (Phi) is 14.4. The Morgan fingerprint density at radius 1 is 0.250 bits per heavy atom. The van der Waals surface area contributed by atoms with Crippen molar-refractivity contribution in [3.63, 3.8) is 0 Å². The van der Waals surface area contributed by atoms with Gasteiger partial charge in [-0.2, -0.15) is 0 Å². The van der Waals surface area contributed by atoms with Crippen molar-refractivity contribution in [1.82, 2.24) is 39.6 Å². The Balaban J connectivity index is 1.09. The maximum atomic E-state index is 7.30. The van der Waals surface area contributed by atoms with Gasteiger partial charge in [-0.1, -0.05) is 194 Å². The van der Waals surface area contributed by atoms with Crippen molar-refractivity contribution < 1.29 is 38.0 Å². The lowest BCUT2D eigenvalue weighted by atomic mass is 10.0. The first-order valence-electron chi connectivity index (χ1n) is 30.9. The number of fused-ring (bicyclic) bond motifs is 20. The molecule has 12 aromatic carbocycles. The molecule has 16 heteroatoms. The third-order valence-corrected chi connectivity index (χ3v) is 15.9. The van der Waals surface area contributed by atoms with Crippen molar-refractivity contribution in [3.8, 4) is 132 Å². The van der Waals surface area contributed by atoms with Crippen molar-refractivity contribution in [2.24, 2.45) is 0 Å². The normalized spacial score (nSPS) is 11.3. The van der Waals surface area contributed by atoms with Crippen molar-refractivity contribution in [3.05, 3.63) is 297 Å². The Hall–Kier alpha value is -13.6. The molecule has 0 saturated carbocycles. The summed E-state index contributed by atoms with van der Waals surface area (Å²) in [6, 6.07) is 92.9. The number of para-hydroxylation sites is 8. The van der Waals surface area contributed by atoms with E-state index in [9.17, 15) is 0 Å². The highest BCUT2D eigenvalue weighted by molar-refractivity contribution is 6.15. The molecule has 1 N–H and O–H groups in total. The van der Waals surface area contributed by atoms with Crippen LogP contribution in [0.25, 0.3) is 89.7 Å². The molecule has 0 amide bonds. The summed E-state index contributed by atoms with van der Waals surface area (Å²) < 4.78 is 51.8. The first kappa shape index (κ1) is 56.4. The molecule has 96 heavy (non-hydrogen) atoms. The molecule has 2 aliphatic rings. The fraction of sp³-hybridized carbons (Fsp3) is 0. The summed E-state index contributed by atoms with van der Waals surface area (Å²) >= 11 is 0. The lowest BCUT2D eigenvalue weighted by molar-refractivity contribution is 0.238. The summed E-state index contributed by atoms with van der Waals surface area (Å²) in [5.74, 6) is 6.07. The first-order chi connectivity index (χ1) is 47.6. The molecule has 16 nitrogen and oxygen atoms in total. The second-order valence-electron chi connectivity index (χ2n) is 22.2. The first-order valence-corrected chi connectivity index (χ1v) is 30.9. The zero-order chi connectivity index (χ0) is 63.7. The van der Waals surface area contributed by atoms with Gasteiger partial charge in [-0.25, -0.2) is 29.9 Å². The zero-order valence-corrected chi connectivity index (χ0v) is 50.7. The summed E-state index contributed by atoms with van der Waals surface area (Å²) in [7, 11) is 0. The molecule has 3 aromatic heterocycles. The van der Waals surface area contributed by atoms with E-state index in [4.69, 9.17) is 67.9 Å². The monoisotopic (exact) mass is 1250 g/mol. The molecule has 0 aliphatic carbocycles. The van der Waals surface area contributed by atoms with E-state index in [0.717, 1.165) is 0 Å². The average Bonchev–Trinajstić information content (AvgIpc) is 1.50. The summed E-state index contributed by atoms with van der Waals surface area (Å²) in [6.45, 7) is 0. The van der Waals surface area contributed by atoms with Gasteiger partial charge in [0.25, 0.3) is 0 Å². The van der Waals surface area contributed by atoms with Crippen LogP contribution in [0.3, 0.4) is 0 Å². The number of aromatic amines is 1. The van der Waals surface area contributed by atoms with E-state index in [-0.39, 0.29) is 63.2 Å². The van der Waals surface area contributed by atoms with E-state index in [0.29, 0.717) is 113 Å². The SMILES string of the molecule is c1ccc(Oc2cc3c(c(Oc4ccccc4)c2Oc2ccccc2)-c2nc-3nc3c4ccccc4c(nc4nc(nc5[nH]c(n2)c2c(Oc6ccccc6)c(Oc6ccccc6)c(Oc6ccccc6)c(Oc6ccccc6)c52)-c2ccccc2-4)n3Oc2ccccc2)cc1. The molecule has 5 heterocycles. The zero-order valence-electron chi connectivity index (χ0n) is 50.7. The van der Waals surface area contributed by atoms with E-state index in [1.807, 2.05) is 297 Å². The number of ether oxygens (including phenoxy) is 7. The molecule has 2 aliphatic heterocycles. The number of nitrogens with one attached hydrogen (secondary N) is 1. The number of rotatable bonds is 16. The minimum absolute atomic E-state index is 0.113. The van der Waals surface area contributed by atoms with E-state index in [1.54, 1.807) is 4.73 Å². The van der Waals surface area contributed by atoms with Gasteiger partial charge < -0.3 is 43.0 Å². The lowest BCUT2D eigenvalue weighted by Crippen LogP contribution is -2.06. The van der Waals surface area contributed by atoms with Crippen LogP contribution in [0.5, 0.6) is 86.2 Å². The van der Waals surface area contributed by atoms with E-state index in [1.165, 1.54) is 0 Å². The minimum atomic E-state index is 0.113. The Bertz CT molecular complexity index is 5580. The van der Waals surface area contributed by atoms with Crippen LogP contribution in [0, 0.1) is 0 Å². The van der Waals surface area contributed by atoms with Crippen LogP contribution in [0.4, 0.5) is 0 Å². The Labute approximate surface area is 548 Å². The summed E-state index contributed by atoms with van der Waals surface area (Å²) in [6.07, 6.45) is 0. The Morgan fingerprint density at radius 3 is 0.990 bits per heavy atom. The van der Waals surface area contributed by atoms with Crippen LogP contribution in [-0.4, -0.2) is 39.6 Å². The van der Waals surface area contributed by atoms with Gasteiger partial charge in [0.05, 0.1) is 16.3 Å². The van der Waals surface area contributed by atoms with Gasteiger partial charge in [0.15, 0.2) is 63.3 Å². The van der Waals surface area contributed by atoms with Crippen LogP contribution in [0.1, 0.15) is 0 Å². The largest absolute Gasteiger partial charge is 0.453 e. The highest BCUT2D eigenvalue weighted by atomic mass is 16.7. The van der Waals surface area contributed by atoms with Crippen molar-refractivity contribution >= 4 is 44.1 Å². The van der Waals surface area contributed by atoms with Crippen LogP contribution < -0.4 is 38.0 Å². The second kappa shape index (κ2) is 24.6. The molecule has 0 saturated heterocycles. The fourth-order valence-corrected chi connectivity index (χ4v) is 11.6. The maximum Gasteiger partial charge on any atom is 0.217 e. The molecule has 8 bridgehead atoms. The van der Waals surface area contributed by atoms with Crippen LogP contribution >= 0.6 is 0 Å². The molecule has 0 radical (unpaired) electrons. The second-order valence-corrected chi connectivity index (χ2v) is 22.2. The molecule has 15 aromatic rings. The standard InChI is InChI=1S/C80H50N8O8/c1-9-29-50(30-10-1)89-63-49-62-64(68(91-52-33-13-3-14-34-52)67(63)90-51-31-11-2-12-32-51)76-83-75(62)87-80-61-48-28-27-47-60(61)79(88(80)96-57-43-23-8-24-44-57)86-74-59-46-26-25-45-58(59)73(81-74)82-77-65-66(78(84-76)85-77)70(93-54-37-17-5-18-38-54)72(95-56-41-21-7-22-42-56)71(94-55-39-19-6-20-40-55)69(65)92-53-35-15-4-16-36-53/h1-49H,(H,81,82,83,84,85,86,87). The van der Waals surface area contributed by atoms with Gasteiger partial charge in [0.2, 0.25) is 17.2 Å². The van der Waals surface area contributed by atoms with Crippen molar-refractivity contribution in [2.75, 3.05) is 0 Å². The highest BCUT2D eigenvalue weighted by Gasteiger charge is 2.36. The number of H-pyrrole nitrogens is 1. The van der Waals surface area contributed by atoms with Gasteiger partial charge >= 0.3 is 0 Å². The smallest absolute Gasteiger partial charge is 0.217 e. The van der Waals surface area contributed by atoms with Gasteiger partial charge in [0.1, 0.15) is 51.5 Å². The maximum absolute atomic E-state index is 7.30. The van der Waals surface area contributed by atoms with Crippen LogP contribution in [-0.2, 0) is 0 Å². The van der Waals surface area contributed by atoms with Gasteiger partial charge in [0, 0.05) is 27.5 Å². The highest BCUT2D eigenvalue weighted by Crippen LogP contribution is 2.59. The molecular weight excluding hydrogens is 1200 g/mol. The molecular formula is C80H50N8O8. The van der Waals surface area contributed by atoms with E-state index >= 15 is 0 Å². The molecule has 0 unspecified atom stereocenters. The third-order valence-electron chi connectivity index (χ3n) is 15.9. The van der Waals surface area contributed by atoms with Gasteiger partial charge in [-0.3, -0.25) is 0 Å². The van der Waals surface area contributed by atoms with Crippen LogP contribution in [0.2, 0.25) is 0 Å². The predicted octanol–water partition coefficient (Wildman–Crippen LogP) is 20.7.